The number of nitrogens with zero attached hydrogens (tertiary/aromatic N) is 1. The summed E-state index contributed by atoms with van der Waals surface area (Å²) in [5.74, 6) is 0.517. The van der Waals surface area contributed by atoms with Crippen LogP contribution in [-0.2, 0) is 4.79 Å². The topological polar surface area (TPSA) is 70.7 Å². The highest BCUT2D eigenvalue weighted by Crippen LogP contribution is 2.16. The first kappa shape index (κ1) is 17.3. The first-order valence-electron chi connectivity index (χ1n) is 7.49. The molecule has 2 aromatic rings. The molecule has 0 radical (unpaired) electrons. The quantitative estimate of drug-likeness (QED) is 0.855. The molecule has 6 heteroatoms. The molecule has 2 aromatic carbocycles. The maximum absolute atomic E-state index is 12.2. The summed E-state index contributed by atoms with van der Waals surface area (Å²) in [6.07, 6.45) is 0. The molecule has 0 aliphatic carbocycles. The number of methoxy groups -OCH3 is 1. The molecule has 0 aliphatic heterocycles. The maximum atomic E-state index is 12.2. The molecular formula is C18H21N3O3. The van der Waals surface area contributed by atoms with Gasteiger partial charge in [0.2, 0.25) is 5.91 Å². The van der Waals surface area contributed by atoms with Gasteiger partial charge in [0.1, 0.15) is 5.75 Å². The van der Waals surface area contributed by atoms with Crippen molar-refractivity contribution in [3.05, 3.63) is 54.1 Å². The Kier molecular flexibility index (Phi) is 5.78. The Hall–Kier alpha value is -3.02. The standard InChI is InChI=1S/C18H21N3O3/c1-21(2)17(22)12-19-14-6-4-13(5-7-14)18(23)20-15-8-10-16(24-3)11-9-15/h4-11,19H,12H2,1-3H3,(H,20,23). The summed E-state index contributed by atoms with van der Waals surface area (Å²) >= 11 is 0. The Bertz CT molecular complexity index is 694. The molecule has 0 aliphatic rings. The Morgan fingerprint density at radius 2 is 1.54 bits per heavy atom. The number of amides is 2. The summed E-state index contributed by atoms with van der Waals surface area (Å²) < 4.78 is 5.08. The van der Waals surface area contributed by atoms with E-state index in [1.165, 1.54) is 4.90 Å². The number of hydrogen-bond donors (Lipinski definition) is 2. The molecule has 0 bridgehead atoms. The summed E-state index contributed by atoms with van der Waals surface area (Å²) in [4.78, 5) is 25.3. The van der Waals surface area contributed by atoms with Crippen molar-refractivity contribution >= 4 is 23.2 Å². The molecule has 0 saturated heterocycles. The number of rotatable bonds is 6. The normalized spacial score (nSPS) is 9.96. The molecule has 24 heavy (non-hydrogen) atoms. The van der Waals surface area contributed by atoms with Crippen molar-refractivity contribution in [1.29, 1.82) is 0 Å². The van der Waals surface area contributed by atoms with Gasteiger partial charge in [0.25, 0.3) is 5.91 Å². The molecule has 126 valence electrons. The predicted octanol–water partition coefficient (Wildman–Crippen LogP) is 2.45. The van der Waals surface area contributed by atoms with E-state index in [0.717, 1.165) is 11.4 Å². The average Bonchev–Trinajstić information content (AvgIpc) is 2.60. The smallest absolute Gasteiger partial charge is 0.255 e. The third-order valence-corrected chi connectivity index (χ3v) is 3.44. The number of ether oxygens (including phenoxy) is 1. The van der Waals surface area contributed by atoms with Gasteiger partial charge in [0.05, 0.1) is 13.7 Å². The van der Waals surface area contributed by atoms with Crippen molar-refractivity contribution in [2.75, 3.05) is 38.4 Å². The van der Waals surface area contributed by atoms with Crippen molar-refractivity contribution in [2.45, 2.75) is 0 Å². The molecular weight excluding hydrogens is 306 g/mol. The first-order valence-corrected chi connectivity index (χ1v) is 7.49. The molecule has 0 saturated carbocycles. The number of anilines is 2. The van der Waals surface area contributed by atoms with Crippen LogP contribution in [0.4, 0.5) is 11.4 Å². The van der Waals surface area contributed by atoms with E-state index in [1.807, 2.05) is 0 Å². The second-order valence-corrected chi connectivity index (χ2v) is 5.40. The minimum atomic E-state index is -0.198. The second-order valence-electron chi connectivity index (χ2n) is 5.40. The van der Waals surface area contributed by atoms with Gasteiger partial charge in [0, 0.05) is 31.0 Å². The number of likely N-dealkylation sites (N-methyl/N-ethyl adjacent to an activating group) is 1. The zero-order valence-electron chi connectivity index (χ0n) is 14.0. The van der Waals surface area contributed by atoms with Crippen LogP contribution >= 0.6 is 0 Å². The van der Waals surface area contributed by atoms with Crippen LogP contribution in [0.5, 0.6) is 5.75 Å². The van der Waals surface area contributed by atoms with Crippen LogP contribution in [0.1, 0.15) is 10.4 Å². The molecule has 2 amide bonds. The van der Waals surface area contributed by atoms with Gasteiger partial charge in [-0.2, -0.15) is 0 Å². The van der Waals surface area contributed by atoms with E-state index in [4.69, 9.17) is 4.74 Å². The highest BCUT2D eigenvalue weighted by atomic mass is 16.5. The SMILES string of the molecule is COc1ccc(NC(=O)c2ccc(NCC(=O)N(C)C)cc2)cc1. The minimum absolute atomic E-state index is 0.0173. The Labute approximate surface area is 141 Å². The number of benzene rings is 2. The minimum Gasteiger partial charge on any atom is -0.497 e. The van der Waals surface area contributed by atoms with Gasteiger partial charge in [-0.05, 0) is 48.5 Å². The van der Waals surface area contributed by atoms with Crippen molar-refractivity contribution in [3.63, 3.8) is 0 Å². The fourth-order valence-electron chi connectivity index (χ4n) is 1.95. The van der Waals surface area contributed by atoms with E-state index in [1.54, 1.807) is 69.7 Å². The molecule has 0 atom stereocenters. The van der Waals surface area contributed by atoms with E-state index in [0.29, 0.717) is 11.3 Å². The van der Waals surface area contributed by atoms with Crippen LogP contribution in [0, 0.1) is 0 Å². The summed E-state index contributed by atoms with van der Waals surface area (Å²) in [6, 6.07) is 14.1. The van der Waals surface area contributed by atoms with Crippen LogP contribution in [0.15, 0.2) is 48.5 Å². The largest absolute Gasteiger partial charge is 0.497 e. The molecule has 2 rings (SSSR count). The van der Waals surface area contributed by atoms with Gasteiger partial charge < -0.3 is 20.3 Å². The van der Waals surface area contributed by atoms with Gasteiger partial charge >= 0.3 is 0 Å². The van der Waals surface area contributed by atoms with Gasteiger partial charge in [-0.15, -0.1) is 0 Å². The van der Waals surface area contributed by atoms with E-state index < -0.39 is 0 Å². The number of carbonyl (C=O) groups excluding carboxylic acids is 2. The fraction of sp³-hybridized carbons (Fsp3) is 0.222. The van der Waals surface area contributed by atoms with Gasteiger partial charge in [-0.3, -0.25) is 9.59 Å². The molecule has 0 unspecified atom stereocenters. The first-order chi connectivity index (χ1) is 11.5. The van der Waals surface area contributed by atoms with Crippen molar-refractivity contribution in [1.82, 2.24) is 4.90 Å². The summed E-state index contributed by atoms with van der Waals surface area (Å²) in [5, 5.41) is 5.84. The third kappa shape index (κ3) is 4.74. The molecule has 0 spiro atoms. The Morgan fingerprint density at radius 1 is 0.958 bits per heavy atom. The lowest BCUT2D eigenvalue weighted by molar-refractivity contribution is -0.126. The number of hydrogen-bond acceptors (Lipinski definition) is 4. The highest BCUT2D eigenvalue weighted by molar-refractivity contribution is 6.04. The van der Waals surface area contributed by atoms with E-state index in [9.17, 15) is 9.59 Å². The van der Waals surface area contributed by atoms with Crippen LogP contribution in [0.3, 0.4) is 0 Å². The van der Waals surface area contributed by atoms with Gasteiger partial charge in [-0.1, -0.05) is 0 Å². The number of carbonyl (C=O) groups is 2. The average molecular weight is 327 g/mol. The van der Waals surface area contributed by atoms with Crippen LogP contribution in [0.2, 0.25) is 0 Å². The van der Waals surface area contributed by atoms with Gasteiger partial charge in [0.15, 0.2) is 0 Å². The van der Waals surface area contributed by atoms with Crippen LogP contribution in [0.25, 0.3) is 0 Å². The van der Waals surface area contributed by atoms with Crippen LogP contribution < -0.4 is 15.4 Å². The van der Waals surface area contributed by atoms with Gasteiger partial charge in [-0.25, -0.2) is 0 Å². The fourth-order valence-corrected chi connectivity index (χ4v) is 1.95. The zero-order chi connectivity index (χ0) is 17.5. The summed E-state index contributed by atoms with van der Waals surface area (Å²) in [5.41, 5.74) is 2.01. The zero-order valence-corrected chi connectivity index (χ0v) is 14.0. The molecule has 0 fully saturated rings. The van der Waals surface area contributed by atoms with Crippen LogP contribution in [-0.4, -0.2) is 44.5 Å². The van der Waals surface area contributed by atoms with Crippen molar-refractivity contribution in [2.24, 2.45) is 0 Å². The molecule has 0 aromatic heterocycles. The maximum Gasteiger partial charge on any atom is 0.255 e. The molecule has 2 N–H and O–H groups in total. The van der Waals surface area contributed by atoms with E-state index in [-0.39, 0.29) is 18.4 Å². The van der Waals surface area contributed by atoms with Crippen molar-refractivity contribution in [3.8, 4) is 5.75 Å². The van der Waals surface area contributed by atoms with E-state index >= 15 is 0 Å². The molecule has 0 heterocycles. The van der Waals surface area contributed by atoms with E-state index in [2.05, 4.69) is 10.6 Å². The monoisotopic (exact) mass is 327 g/mol. The lowest BCUT2D eigenvalue weighted by Gasteiger charge is -2.12. The predicted molar refractivity (Wildman–Crippen MR) is 94.6 cm³/mol. The third-order valence-electron chi connectivity index (χ3n) is 3.44. The second kappa shape index (κ2) is 8.01. The molecule has 6 nitrogen and oxygen atoms in total. The lowest BCUT2D eigenvalue weighted by Crippen LogP contribution is -2.28. The summed E-state index contributed by atoms with van der Waals surface area (Å²) in [7, 11) is 5.00. The van der Waals surface area contributed by atoms with Crippen molar-refractivity contribution < 1.29 is 14.3 Å². The number of nitrogens with one attached hydrogen (secondary N) is 2. The Balaban J connectivity index is 1.94. The highest BCUT2D eigenvalue weighted by Gasteiger charge is 2.07. The summed E-state index contributed by atoms with van der Waals surface area (Å²) in [6.45, 7) is 0.213. The Morgan fingerprint density at radius 3 is 2.08 bits per heavy atom. The lowest BCUT2D eigenvalue weighted by atomic mass is 10.2.